The van der Waals surface area contributed by atoms with E-state index >= 15 is 0 Å². The molecule has 0 saturated heterocycles. The third-order valence-corrected chi connectivity index (χ3v) is 7.63. The number of rotatable bonds is 6. The number of nitrogens with two attached hydrogens (primary N) is 1. The van der Waals surface area contributed by atoms with Gasteiger partial charge in [0.1, 0.15) is 0 Å². The zero-order valence-corrected chi connectivity index (χ0v) is 19.0. The van der Waals surface area contributed by atoms with E-state index in [2.05, 4.69) is 4.98 Å². The van der Waals surface area contributed by atoms with Crippen molar-refractivity contribution in [3.05, 3.63) is 48.5 Å². The summed E-state index contributed by atoms with van der Waals surface area (Å²) in [6.07, 6.45) is 5.56. The normalized spacial score (nSPS) is 15.3. The Hall–Kier alpha value is -2.36. The minimum absolute atomic E-state index is 0.0262. The van der Waals surface area contributed by atoms with E-state index in [1.165, 1.54) is 30.3 Å². The van der Waals surface area contributed by atoms with Crippen molar-refractivity contribution in [2.24, 2.45) is 12.2 Å². The molecule has 1 fully saturated rings. The number of carbonyl (C=O) groups excluding carboxylic acids is 1. The molecule has 4 rings (SSSR count). The maximum Gasteiger partial charge on any atom is 0.238 e. The largest absolute Gasteiger partial charge is 0.322 e. The molecule has 1 saturated carbocycles. The molecule has 1 aliphatic rings. The average molecular weight is 459 g/mol. The van der Waals surface area contributed by atoms with Crippen LogP contribution in [-0.2, 0) is 21.9 Å². The van der Waals surface area contributed by atoms with Crippen LogP contribution >= 0.6 is 11.8 Å². The highest BCUT2D eigenvalue weighted by Crippen LogP contribution is 2.30. The number of fused-ring (bicyclic) bond motifs is 1. The van der Waals surface area contributed by atoms with Crippen LogP contribution in [0.5, 0.6) is 0 Å². The molecule has 0 bridgehead atoms. The molecule has 0 spiro atoms. The molecule has 164 valence electrons. The van der Waals surface area contributed by atoms with E-state index in [0.29, 0.717) is 10.7 Å². The summed E-state index contributed by atoms with van der Waals surface area (Å²) in [6.45, 7) is 0. The second-order valence-electron chi connectivity index (χ2n) is 7.83. The third kappa shape index (κ3) is 4.78. The Kier molecular flexibility index (Phi) is 6.36. The van der Waals surface area contributed by atoms with Crippen LogP contribution in [0, 0.1) is 0 Å². The van der Waals surface area contributed by atoms with Crippen molar-refractivity contribution in [2.75, 3.05) is 10.7 Å². The number of primary sulfonamides is 1. The van der Waals surface area contributed by atoms with Crippen molar-refractivity contribution in [1.82, 2.24) is 9.55 Å². The second kappa shape index (κ2) is 9.02. The lowest BCUT2D eigenvalue weighted by Crippen LogP contribution is -2.42. The molecule has 31 heavy (non-hydrogen) atoms. The molecule has 7 nitrogen and oxygen atoms in total. The van der Waals surface area contributed by atoms with Crippen molar-refractivity contribution >= 4 is 44.4 Å². The summed E-state index contributed by atoms with van der Waals surface area (Å²) in [4.78, 5) is 19.8. The summed E-state index contributed by atoms with van der Waals surface area (Å²) in [5.74, 6) is 0.310. The molecule has 1 amide bonds. The zero-order valence-electron chi connectivity index (χ0n) is 17.4. The molecule has 9 heteroatoms. The van der Waals surface area contributed by atoms with Crippen LogP contribution in [0.2, 0.25) is 0 Å². The predicted octanol–water partition coefficient (Wildman–Crippen LogP) is 3.68. The van der Waals surface area contributed by atoms with Gasteiger partial charge in [-0.05, 0) is 43.2 Å². The third-order valence-electron chi connectivity index (χ3n) is 5.71. The Balaban J connectivity index is 1.56. The quantitative estimate of drug-likeness (QED) is 0.568. The fraction of sp³-hybridized carbons (Fsp3) is 0.364. The number of amides is 1. The molecule has 2 aromatic carbocycles. The summed E-state index contributed by atoms with van der Waals surface area (Å²) in [5, 5.41) is 5.89. The Morgan fingerprint density at radius 2 is 1.87 bits per heavy atom. The van der Waals surface area contributed by atoms with Gasteiger partial charge in [-0.15, -0.1) is 0 Å². The van der Waals surface area contributed by atoms with Crippen molar-refractivity contribution in [2.45, 2.75) is 48.2 Å². The number of anilines is 1. The van der Waals surface area contributed by atoms with E-state index in [0.717, 1.165) is 36.9 Å². The summed E-state index contributed by atoms with van der Waals surface area (Å²) < 4.78 is 25.1. The standard InChI is InChI=1S/C22H26N4O3S2/c1-25-20-13-12-18(31(23,28)29)14-19(20)24-22(25)30-15-21(27)26(16-8-4-2-5-9-16)17-10-6-3-7-11-17/h2,4-5,8-9,12-14,17H,3,6-7,10-11,15H2,1H3,(H2,23,28,29). The average Bonchev–Trinajstić information content (AvgIpc) is 3.08. The summed E-state index contributed by atoms with van der Waals surface area (Å²) >= 11 is 1.36. The number of hydrogen-bond donors (Lipinski definition) is 1. The number of imidazole rings is 1. The number of aromatic nitrogens is 2. The number of sulfonamides is 1. The lowest BCUT2D eigenvalue weighted by molar-refractivity contribution is -0.116. The number of nitrogens with zero attached hydrogens (tertiary/aromatic N) is 3. The van der Waals surface area contributed by atoms with Gasteiger partial charge in [0.15, 0.2) is 5.16 Å². The molecule has 1 heterocycles. The lowest BCUT2D eigenvalue weighted by atomic mass is 9.93. The fourth-order valence-corrected chi connectivity index (χ4v) is 5.53. The highest BCUT2D eigenvalue weighted by atomic mass is 32.2. The van der Waals surface area contributed by atoms with Gasteiger partial charge in [0.2, 0.25) is 15.9 Å². The van der Waals surface area contributed by atoms with Crippen LogP contribution in [0.25, 0.3) is 11.0 Å². The van der Waals surface area contributed by atoms with Crippen LogP contribution in [0.4, 0.5) is 5.69 Å². The fourth-order valence-electron chi connectivity index (χ4n) is 4.15. The Bertz CT molecular complexity index is 1190. The number of para-hydroxylation sites is 1. The maximum absolute atomic E-state index is 13.3. The first-order valence-corrected chi connectivity index (χ1v) is 12.9. The van der Waals surface area contributed by atoms with Crippen molar-refractivity contribution in [3.63, 3.8) is 0 Å². The second-order valence-corrected chi connectivity index (χ2v) is 10.3. The van der Waals surface area contributed by atoms with Crippen molar-refractivity contribution in [1.29, 1.82) is 0 Å². The van der Waals surface area contributed by atoms with E-state index < -0.39 is 10.0 Å². The van der Waals surface area contributed by atoms with Crippen LogP contribution < -0.4 is 10.0 Å². The number of aryl methyl sites for hydroxylation is 1. The molecule has 1 aliphatic carbocycles. The van der Waals surface area contributed by atoms with Gasteiger partial charge >= 0.3 is 0 Å². The van der Waals surface area contributed by atoms with E-state index in [1.54, 1.807) is 6.07 Å². The van der Waals surface area contributed by atoms with Gasteiger partial charge in [-0.1, -0.05) is 49.2 Å². The number of hydrogen-bond acceptors (Lipinski definition) is 5. The van der Waals surface area contributed by atoms with Crippen molar-refractivity contribution in [3.8, 4) is 0 Å². The van der Waals surface area contributed by atoms with Gasteiger partial charge < -0.3 is 9.47 Å². The van der Waals surface area contributed by atoms with Crippen molar-refractivity contribution < 1.29 is 13.2 Å². The number of carbonyl (C=O) groups is 1. The first-order valence-electron chi connectivity index (χ1n) is 10.3. The van der Waals surface area contributed by atoms with E-state index in [9.17, 15) is 13.2 Å². The van der Waals surface area contributed by atoms with Gasteiger partial charge in [-0.2, -0.15) is 0 Å². The zero-order chi connectivity index (χ0) is 22.0. The summed E-state index contributed by atoms with van der Waals surface area (Å²) in [5.41, 5.74) is 2.26. The molecule has 0 atom stereocenters. The number of benzene rings is 2. The monoisotopic (exact) mass is 458 g/mol. The first-order chi connectivity index (χ1) is 14.8. The van der Waals surface area contributed by atoms with E-state index in [-0.39, 0.29) is 22.6 Å². The molecule has 1 aromatic heterocycles. The Labute approximate surface area is 186 Å². The lowest BCUT2D eigenvalue weighted by Gasteiger charge is -2.34. The van der Waals surface area contributed by atoms with Gasteiger partial charge in [0, 0.05) is 18.8 Å². The highest BCUT2D eigenvalue weighted by Gasteiger charge is 2.27. The maximum atomic E-state index is 13.3. The minimum Gasteiger partial charge on any atom is -0.322 e. The Morgan fingerprint density at radius 1 is 1.16 bits per heavy atom. The predicted molar refractivity (Wildman–Crippen MR) is 124 cm³/mol. The number of thioether (sulfide) groups is 1. The van der Waals surface area contributed by atoms with Crippen LogP contribution in [0.15, 0.2) is 58.6 Å². The molecule has 0 radical (unpaired) electrons. The smallest absolute Gasteiger partial charge is 0.238 e. The topological polar surface area (TPSA) is 98.3 Å². The van der Waals surface area contributed by atoms with E-state index in [4.69, 9.17) is 5.14 Å². The van der Waals surface area contributed by atoms with Gasteiger partial charge in [0.05, 0.1) is 21.7 Å². The van der Waals surface area contributed by atoms with Crippen LogP contribution in [0.3, 0.4) is 0 Å². The molecular formula is C22H26N4O3S2. The van der Waals surface area contributed by atoms with Crippen LogP contribution in [0.1, 0.15) is 32.1 Å². The highest BCUT2D eigenvalue weighted by molar-refractivity contribution is 7.99. The van der Waals surface area contributed by atoms with Crippen LogP contribution in [-0.4, -0.2) is 35.7 Å². The summed E-state index contributed by atoms with van der Waals surface area (Å²) in [7, 11) is -1.94. The molecule has 0 aliphatic heterocycles. The SMILES string of the molecule is Cn1c(SCC(=O)N(c2ccccc2)C2CCCCC2)nc2cc(S(N)(=O)=O)ccc21. The molecule has 3 aromatic rings. The first kappa shape index (κ1) is 21.9. The van der Waals surface area contributed by atoms with E-state index in [1.807, 2.05) is 46.8 Å². The summed E-state index contributed by atoms with van der Waals surface area (Å²) in [6, 6.07) is 14.7. The Morgan fingerprint density at radius 3 is 2.55 bits per heavy atom. The molecular weight excluding hydrogens is 432 g/mol. The molecule has 2 N–H and O–H groups in total. The van der Waals surface area contributed by atoms with Gasteiger partial charge in [0.25, 0.3) is 0 Å². The van der Waals surface area contributed by atoms with Gasteiger partial charge in [-0.25, -0.2) is 18.5 Å². The molecule has 0 unspecified atom stereocenters. The minimum atomic E-state index is -3.79. The van der Waals surface area contributed by atoms with Gasteiger partial charge in [-0.3, -0.25) is 4.79 Å².